The Balaban J connectivity index is 1.78. The van der Waals surface area contributed by atoms with E-state index >= 15 is 0 Å². The minimum absolute atomic E-state index is 0.228. The molecule has 1 N–H and O–H groups in total. The lowest BCUT2D eigenvalue weighted by molar-refractivity contribution is 0.102. The van der Waals surface area contributed by atoms with E-state index in [4.69, 9.17) is 11.6 Å². The average Bonchev–Trinajstić information content (AvgIpc) is 2.64. The standard InChI is InChI=1S/C19H23ClN4O/c1-2-10-23-11-13-24(14-12-23)18-15(20)6-5-8-16(18)22-19(25)17-7-3-4-9-21-17/h3-9H,2,10-14H2,1H3,(H,22,25). The van der Waals surface area contributed by atoms with Gasteiger partial charge in [0.05, 0.1) is 16.4 Å². The Hall–Kier alpha value is -2.11. The summed E-state index contributed by atoms with van der Waals surface area (Å²) in [6.45, 7) is 7.14. The zero-order valence-corrected chi connectivity index (χ0v) is 15.2. The van der Waals surface area contributed by atoms with Gasteiger partial charge in [-0.15, -0.1) is 0 Å². The van der Waals surface area contributed by atoms with Crippen molar-refractivity contribution in [2.45, 2.75) is 13.3 Å². The molecule has 1 aromatic heterocycles. The second-order valence-electron chi connectivity index (χ2n) is 6.13. The molecule has 1 amide bonds. The second kappa shape index (κ2) is 8.32. The van der Waals surface area contributed by atoms with Crippen LogP contribution >= 0.6 is 11.6 Å². The molecule has 1 aliphatic heterocycles. The van der Waals surface area contributed by atoms with Gasteiger partial charge in [0.1, 0.15) is 5.69 Å². The highest BCUT2D eigenvalue weighted by Gasteiger charge is 2.22. The monoisotopic (exact) mass is 358 g/mol. The van der Waals surface area contributed by atoms with Gasteiger partial charge in [-0.2, -0.15) is 0 Å². The molecule has 1 saturated heterocycles. The maximum absolute atomic E-state index is 12.5. The van der Waals surface area contributed by atoms with Gasteiger partial charge in [0.15, 0.2) is 0 Å². The van der Waals surface area contributed by atoms with E-state index in [1.165, 1.54) is 0 Å². The molecular weight excluding hydrogens is 336 g/mol. The van der Waals surface area contributed by atoms with Gasteiger partial charge in [0.25, 0.3) is 5.91 Å². The number of para-hydroxylation sites is 1. The summed E-state index contributed by atoms with van der Waals surface area (Å²) in [5.74, 6) is -0.228. The first-order chi connectivity index (χ1) is 12.2. The quantitative estimate of drug-likeness (QED) is 0.888. The summed E-state index contributed by atoms with van der Waals surface area (Å²) in [5, 5.41) is 3.62. The number of aromatic nitrogens is 1. The highest BCUT2D eigenvalue weighted by molar-refractivity contribution is 6.34. The smallest absolute Gasteiger partial charge is 0.274 e. The van der Waals surface area contributed by atoms with Gasteiger partial charge in [-0.3, -0.25) is 14.7 Å². The Labute approximate surface area is 153 Å². The summed E-state index contributed by atoms with van der Waals surface area (Å²) in [7, 11) is 0. The number of piperazine rings is 1. The Bertz CT molecular complexity index is 715. The van der Waals surface area contributed by atoms with Gasteiger partial charge in [-0.1, -0.05) is 30.7 Å². The number of pyridine rings is 1. The normalized spacial score (nSPS) is 15.2. The summed E-state index contributed by atoms with van der Waals surface area (Å²) in [6.07, 6.45) is 2.78. The third kappa shape index (κ3) is 4.30. The zero-order valence-electron chi connectivity index (χ0n) is 14.4. The van der Waals surface area contributed by atoms with Crippen molar-refractivity contribution in [3.8, 4) is 0 Å². The lowest BCUT2D eigenvalue weighted by Crippen LogP contribution is -2.46. The molecule has 0 spiro atoms. The van der Waals surface area contributed by atoms with E-state index in [2.05, 4.69) is 27.0 Å². The summed E-state index contributed by atoms with van der Waals surface area (Å²) in [6, 6.07) is 10.9. The van der Waals surface area contributed by atoms with Crippen LogP contribution in [-0.2, 0) is 0 Å². The lowest BCUT2D eigenvalue weighted by atomic mass is 10.2. The molecule has 6 heteroatoms. The van der Waals surface area contributed by atoms with E-state index < -0.39 is 0 Å². The van der Waals surface area contributed by atoms with Crippen LogP contribution in [0.15, 0.2) is 42.6 Å². The van der Waals surface area contributed by atoms with Crippen molar-refractivity contribution >= 4 is 28.9 Å². The SMILES string of the molecule is CCCN1CCN(c2c(Cl)cccc2NC(=O)c2ccccn2)CC1. The first-order valence-electron chi connectivity index (χ1n) is 8.67. The number of anilines is 2. The van der Waals surface area contributed by atoms with Crippen LogP contribution in [0.2, 0.25) is 5.02 Å². The largest absolute Gasteiger partial charge is 0.366 e. The minimum atomic E-state index is -0.228. The van der Waals surface area contributed by atoms with Gasteiger partial charge in [-0.25, -0.2) is 0 Å². The fourth-order valence-electron chi connectivity index (χ4n) is 3.13. The Morgan fingerprint density at radius 1 is 1.16 bits per heavy atom. The molecule has 0 saturated carbocycles. The predicted molar refractivity (Wildman–Crippen MR) is 103 cm³/mol. The number of hydrogen-bond donors (Lipinski definition) is 1. The van der Waals surface area contributed by atoms with E-state index in [1.54, 1.807) is 24.4 Å². The molecule has 1 aromatic carbocycles. The Morgan fingerprint density at radius 3 is 2.64 bits per heavy atom. The predicted octanol–water partition coefficient (Wildman–Crippen LogP) is 3.52. The van der Waals surface area contributed by atoms with Crippen LogP contribution in [-0.4, -0.2) is 48.5 Å². The van der Waals surface area contributed by atoms with Gasteiger partial charge in [0.2, 0.25) is 0 Å². The molecule has 0 unspecified atom stereocenters. The van der Waals surface area contributed by atoms with Crippen LogP contribution in [0, 0.1) is 0 Å². The van der Waals surface area contributed by atoms with Crippen LogP contribution in [0.3, 0.4) is 0 Å². The molecule has 0 aliphatic carbocycles. The van der Waals surface area contributed by atoms with Crippen molar-refractivity contribution in [3.63, 3.8) is 0 Å². The second-order valence-corrected chi connectivity index (χ2v) is 6.54. The summed E-state index contributed by atoms with van der Waals surface area (Å²) in [4.78, 5) is 21.3. The zero-order chi connectivity index (χ0) is 17.6. The molecule has 3 rings (SSSR count). The molecule has 0 atom stereocenters. The molecule has 25 heavy (non-hydrogen) atoms. The van der Waals surface area contributed by atoms with Crippen molar-refractivity contribution in [2.75, 3.05) is 42.9 Å². The average molecular weight is 359 g/mol. The van der Waals surface area contributed by atoms with Gasteiger partial charge < -0.3 is 10.2 Å². The summed E-state index contributed by atoms with van der Waals surface area (Å²) < 4.78 is 0. The number of benzene rings is 1. The van der Waals surface area contributed by atoms with E-state index in [0.717, 1.165) is 50.5 Å². The Morgan fingerprint density at radius 2 is 1.96 bits per heavy atom. The van der Waals surface area contributed by atoms with Gasteiger partial charge in [-0.05, 0) is 37.2 Å². The van der Waals surface area contributed by atoms with Crippen LogP contribution < -0.4 is 10.2 Å². The maximum Gasteiger partial charge on any atom is 0.274 e. The third-order valence-corrected chi connectivity index (χ3v) is 4.67. The number of rotatable bonds is 5. The lowest BCUT2D eigenvalue weighted by Gasteiger charge is -2.37. The Kier molecular flexibility index (Phi) is 5.89. The number of carbonyl (C=O) groups is 1. The van der Waals surface area contributed by atoms with Crippen molar-refractivity contribution in [1.82, 2.24) is 9.88 Å². The molecule has 132 valence electrons. The first-order valence-corrected chi connectivity index (χ1v) is 9.05. The topological polar surface area (TPSA) is 48.5 Å². The van der Waals surface area contributed by atoms with Gasteiger partial charge >= 0.3 is 0 Å². The number of halogens is 1. The number of nitrogens with one attached hydrogen (secondary N) is 1. The number of amides is 1. The highest BCUT2D eigenvalue weighted by atomic mass is 35.5. The molecule has 5 nitrogen and oxygen atoms in total. The van der Waals surface area contributed by atoms with Crippen LogP contribution in [0.4, 0.5) is 11.4 Å². The fourth-order valence-corrected chi connectivity index (χ4v) is 3.43. The van der Waals surface area contributed by atoms with Crippen LogP contribution in [0.25, 0.3) is 0 Å². The van der Waals surface area contributed by atoms with Crippen LogP contribution in [0.1, 0.15) is 23.8 Å². The van der Waals surface area contributed by atoms with E-state index in [-0.39, 0.29) is 5.91 Å². The number of carbonyl (C=O) groups excluding carboxylic acids is 1. The third-order valence-electron chi connectivity index (χ3n) is 4.36. The maximum atomic E-state index is 12.5. The van der Waals surface area contributed by atoms with Crippen molar-refractivity contribution in [3.05, 3.63) is 53.3 Å². The fraction of sp³-hybridized carbons (Fsp3) is 0.368. The molecule has 1 fully saturated rings. The molecule has 0 bridgehead atoms. The van der Waals surface area contributed by atoms with Crippen molar-refractivity contribution in [1.29, 1.82) is 0 Å². The van der Waals surface area contributed by atoms with E-state index in [9.17, 15) is 4.79 Å². The molecule has 2 heterocycles. The molecule has 0 radical (unpaired) electrons. The highest BCUT2D eigenvalue weighted by Crippen LogP contribution is 2.34. The van der Waals surface area contributed by atoms with E-state index in [1.807, 2.05) is 18.2 Å². The van der Waals surface area contributed by atoms with Gasteiger partial charge in [0, 0.05) is 32.4 Å². The minimum Gasteiger partial charge on any atom is -0.366 e. The molecule has 1 aliphatic rings. The summed E-state index contributed by atoms with van der Waals surface area (Å²) in [5.41, 5.74) is 2.01. The number of nitrogens with zero attached hydrogens (tertiary/aromatic N) is 3. The number of hydrogen-bond acceptors (Lipinski definition) is 4. The summed E-state index contributed by atoms with van der Waals surface area (Å²) >= 11 is 6.47. The molecular formula is C19H23ClN4O. The van der Waals surface area contributed by atoms with Crippen molar-refractivity contribution in [2.24, 2.45) is 0 Å². The first kappa shape index (κ1) is 17.7. The molecule has 2 aromatic rings. The van der Waals surface area contributed by atoms with E-state index in [0.29, 0.717) is 10.7 Å². The van der Waals surface area contributed by atoms with Crippen molar-refractivity contribution < 1.29 is 4.79 Å². The van der Waals surface area contributed by atoms with Crippen LogP contribution in [0.5, 0.6) is 0 Å².